The van der Waals surface area contributed by atoms with Crippen LogP contribution in [0.15, 0.2) is 70.9 Å². The highest BCUT2D eigenvalue weighted by Crippen LogP contribution is 2.20. The number of amides is 1. The van der Waals surface area contributed by atoms with Crippen molar-refractivity contribution in [3.05, 3.63) is 76.8 Å². The zero-order chi connectivity index (χ0) is 20.2. The summed E-state index contributed by atoms with van der Waals surface area (Å²) in [6.07, 6.45) is 1.32. The van der Waals surface area contributed by atoms with Crippen LogP contribution in [0.25, 0.3) is 16.9 Å². The highest BCUT2D eigenvalue weighted by Gasteiger charge is 2.17. The number of fused-ring (bicyclic) bond motifs is 1. The number of H-pyrrole nitrogens is 1. The van der Waals surface area contributed by atoms with Gasteiger partial charge in [-0.15, -0.1) is 0 Å². The van der Waals surface area contributed by atoms with Crippen LogP contribution in [0.4, 0.5) is 0 Å². The van der Waals surface area contributed by atoms with Crippen molar-refractivity contribution in [3.63, 3.8) is 0 Å². The van der Waals surface area contributed by atoms with Gasteiger partial charge in [-0.3, -0.25) is 9.59 Å². The molecule has 1 amide bonds. The first-order valence-corrected chi connectivity index (χ1v) is 9.96. The zero-order valence-corrected chi connectivity index (χ0v) is 16.4. The molecule has 29 heavy (non-hydrogen) atoms. The third-order valence-electron chi connectivity index (χ3n) is 4.37. The summed E-state index contributed by atoms with van der Waals surface area (Å²) in [6.45, 7) is 1.93. The van der Waals surface area contributed by atoms with E-state index in [4.69, 9.17) is 0 Å². The molecule has 0 bridgehead atoms. The number of aromatic nitrogens is 5. The number of nitrogens with zero attached hydrogens (tertiary/aromatic N) is 4. The van der Waals surface area contributed by atoms with Gasteiger partial charge in [0.15, 0.2) is 5.16 Å². The van der Waals surface area contributed by atoms with Crippen LogP contribution in [0.3, 0.4) is 0 Å². The van der Waals surface area contributed by atoms with Crippen LogP contribution in [-0.2, 0) is 4.79 Å². The Balaban J connectivity index is 1.58. The molecule has 0 aliphatic heterocycles. The Morgan fingerprint density at radius 2 is 1.93 bits per heavy atom. The summed E-state index contributed by atoms with van der Waals surface area (Å²) >= 11 is 1.17. The van der Waals surface area contributed by atoms with Crippen molar-refractivity contribution in [3.8, 4) is 5.95 Å². The van der Waals surface area contributed by atoms with Crippen molar-refractivity contribution in [2.24, 2.45) is 0 Å². The predicted molar refractivity (Wildman–Crippen MR) is 111 cm³/mol. The van der Waals surface area contributed by atoms with Gasteiger partial charge in [0.1, 0.15) is 6.33 Å². The number of nitrogens with one attached hydrogen (secondary N) is 2. The minimum atomic E-state index is -0.270. The average Bonchev–Trinajstić information content (AvgIpc) is 3.27. The van der Waals surface area contributed by atoms with Crippen LogP contribution >= 0.6 is 11.8 Å². The summed E-state index contributed by atoms with van der Waals surface area (Å²) in [5, 5.41) is 10.3. The quantitative estimate of drug-likeness (QED) is 0.376. The van der Waals surface area contributed by atoms with E-state index in [9.17, 15) is 9.59 Å². The number of carbonyl (C=O) groups excluding carboxylic acids is 1. The lowest BCUT2D eigenvalue weighted by atomic mass is 10.1. The molecule has 0 radical (unpaired) electrons. The van der Waals surface area contributed by atoms with E-state index >= 15 is 0 Å². The number of rotatable bonds is 6. The lowest BCUT2D eigenvalue weighted by Crippen LogP contribution is -2.29. The van der Waals surface area contributed by atoms with E-state index in [0.717, 1.165) is 5.56 Å². The first kappa shape index (κ1) is 18.9. The van der Waals surface area contributed by atoms with Crippen LogP contribution in [0.1, 0.15) is 18.5 Å². The van der Waals surface area contributed by atoms with Gasteiger partial charge in [-0.05, 0) is 24.6 Å². The molecule has 146 valence electrons. The van der Waals surface area contributed by atoms with Crippen molar-refractivity contribution >= 4 is 28.6 Å². The first-order valence-electron chi connectivity index (χ1n) is 8.98. The molecule has 2 aromatic heterocycles. The lowest BCUT2D eigenvalue weighted by Gasteiger charge is -2.14. The maximum atomic E-state index is 13.0. The van der Waals surface area contributed by atoms with E-state index < -0.39 is 0 Å². The molecule has 0 aliphatic carbocycles. The van der Waals surface area contributed by atoms with E-state index in [-0.39, 0.29) is 29.2 Å². The van der Waals surface area contributed by atoms with Gasteiger partial charge in [-0.1, -0.05) is 54.2 Å². The van der Waals surface area contributed by atoms with Gasteiger partial charge in [-0.25, -0.2) is 14.6 Å². The normalized spacial score (nSPS) is 12.0. The third kappa shape index (κ3) is 4.04. The summed E-state index contributed by atoms with van der Waals surface area (Å²) in [5.74, 6) is 0.211. The Morgan fingerprint density at radius 3 is 2.69 bits per heavy atom. The van der Waals surface area contributed by atoms with Gasteiger partial charge in [0, 0.05) is 0 Å². The van der Waals surface area contributed by atoms with Gasteiger partial charge in [-0.2, -0.15) is 10.1 Å². The summed E-state index contributed by atoms with van der Waals surface area (Å²) < 4.78 is 1.34. The second-order valence-electron chi connectivity index (χ2n) is 6.35. The van der Waals surface area contributed by atoms with Gasteiger partial charge < -0.3 is 5.32 Å². The molecule has 4 aromatic rings. The predicted octanol–water partition coefficient (Wildman–Crippen LogP) is 2.47. The number of para-hydroxylation sites is 1. The molecule has 0 fully saturated rings. The molecule has 8 nitrogen and oxygen atoms in total. The van der Waals surface area contributed by atoms with E-state index in [1.54, 1.807) is 18.2 Å². The summed E-state index contributed by atoms with van der Waals surface area (Å²) in [7, 11) is 0. The summed E-state index contributed by atoms with van der Waals surface area (Å²) in [5.41, 5.74) is 1.31. The molecular weight excluding hydrogens is 388 g/mol. The summed E-state index contributed by atoms with van der Waals surface area (Å²) in [4.78, 5) is 34.1. The molecule has 0 unspecified atom stereocenters. The van der Waals surface area contributed by atoms with Gasteiger partial charge in [0.2, 0.25) is 11.9 Å². The first-order chi connectivity index (χ1) is 14.1. The zero-order valence-electron chi connectivity index (χ0n) is 15.6. The van der Waals surface area contributed by atoms with Crippen molar-refractivity contribution < 1.29 is 4.79 Å². The van der Waals surface area contributed by atoms with Crippen LogP contribution in [0, 0.1) is 0 Å². The molecule has 2 heterocycles. The second kappa shape index (κ2) is 8.27. The van der Waals surface area contributed by atoms with Crippen LogP contribution in [-0.4, -0.2) is 36.4 Å². The Morgan fingerprint density at radius 1 is 1.17 bits per heavy atom. The number of thioether (sulfide) groups is 1. The number of carbonyl (C=O) groups is 1. The fourth-order valence-electron chi connectivity index (χ4n) is 2.94. The van der Waals surface area contributed by atoms with Crippen molar-refractivity contribution in [1.82, 2.24) is 30.0 Å². The molecule has 0 saturated heterocycles. The average molecular weight is 406 g/mol. The Bertz CT molecular complexity index is 1190. The van der Waals surface area contributed by atoms with Crippen LogP contribution < -0.4 is 10.9 Å². The maximum Gasteiger partial charge on any atom is 0.269 e. The van der Waals surface area contributed by atoms with E-state index in [1.165, 1.54) is 22.7 Å². The SMILES string of the molecule is C[C@H](NC(=O)CSc1nc2ccccc2c(=O)n1-c1ncn[nH]1)c1ccccc1. The van der Waals surface area contributed by atoms with Crippen molar-refractivity contribution in [2.75, 3.05) is 5.75 Å². The fourth-order valence-corrected chi connectivity index (χ4v) is 3.75. The molecule has 0 spiro atoms. The topological polar surface area (TPSA) is 106 Å². The second-order valence-corrected chi connectivity index (χ2v) is 7.29. The van der Waals surface area contributed by atoms with Crippen molar-refractivity contribution in [1.29, 1.82) is 0 Å². The van der Waals surface area contributed by atoms with E-state index in [1.807, 2.05) is 43.3 Å². The molecular formula is C20H18N6O2S. The Kier molecular flexibility index (Phi) is 5.39. The van der Waals surface area contributed by atoms with Gasteiger partial charge in [0.05, 0.1) is 22.7 Å². The smallest absolute Gasteiger partial charge is 0.269 e. The highest BCUT2D eigenvalue weighted by molar-refractivity contribution is 7.99. The minimum absolute atomic E-state index is 0.107. The lowest BCUT2D eigenvalue weighted by molar-refractivity contribution is -0.119. The van der Waals surface area contributed by atoms with E-state index in [0.29, 0.717) is 16.1 Å². The number of hydrogen-bond acceptors (Lipinski definition) is 6. The van der Waals surface area contributed by atoms with Gasteiger partial charge in [0.25, 0.3) is 5.56 Å². The number of hydrogen-bond donors (Lipinski definition) is 2. The molecule has 9 heteroatoms. The minimum Gasteiger partial charge on any atom is -0.349 e. The standard InChI is InChI=1S/C20H18N6O2S/c1-13(14-7-3-2-4-8-14)23-17(27)11-29-20-24-16-10-6-5-9-15(16)18(28)26(20)19-21-12-22-25-19/h2-10,12-13H,11H2,1H3,(H,23,27)(H,21,22,25)/t13-/m0/s1. The van der Waals surface area contributed by atoms with Crippen molar-refractivity contribution in [2.45, 2.75) is 18.1 Å². The molecule has 1 atom stereocenters. The van der Waals surface area contributed by atoms with Crippen LogP contribution in [0.5, 0.6) is 0 Å². The number of aromatic amines is 1. The summed E-state index contributed by atoms with van der Waals surface area (Å²) in [6, 6.07) is 16.7. The number of benzene rings is 2. The Hall–Kier alpha value is -3.46. The van der Waals surface area contributed by atoms with Gasteiger partial charge >= 0.3 is 0 Å². The maximum absolute atomic E-state index is 13.0. The van der Waals surface area contributed by atoms with E-state index in [2.05, 4.69) is 25.5 Å². The third-order valence-corrected chi connectivity index (χ3v) is 5.31. The fraction of sp³-hybridized carbons (Fsp3) is 0.150. The molecule has 2 aromatic carbocycles. The molecule has 2 N–H and O–H groups in total. The molecule has 0 aliphatic rings. The monoisotopic (exact) mass is 406 g/mol. The van der Waals surface area contributed by atoms with Crippen LogP contribution in [0.2, 0.25) is 0 Å². The largest absolute Gasteiger partial charge is 0.349 e. The molecule has 4 rings (SSSR count). The Labute approximate surface area is 170 Å². The molecule has 0 saturated carbocycles. The highest BCUT2D eigenvalue weighted by atomic mass is 32.2.